The van der Waals surface area contributed by atoms with Crippen molar-refractivity contribution in [2.45, 2.75) is 12.8 Å². The van der Waals surface area contributed by atoms with E-state index in [1.807, 2.05) is 24.3 Å². The monoisotopic (exact) mass is 259 g/mol. The van der Waals surface area contributed by atoms with E-state index < -0.39 is 8.36 Å². The summed E-state index contributed by atoms with van der Waals surface area (Å²) in [4.78, 5) is 0. The predicted molar refractivity (Wildman–Crippen MR) is 73.5 cm³/mol. The molecular weight excluding hydrogens is 246 g/mol. The molecule has 15 heavy (non-hydrogen) atoms. The smallest absolute Gasteiger partial charge is 0.0406 e. The molecule has 1 aliphatic heterocycles. The largest absolute Gasteiger partial charge is 0.266 e. The van der Waals surface area contributed by atoms with Crippen LogP contribution in [0.5, 0.6) is 0 Å². The van der Waals surface area contributed by atoms with Crippen molar-refractivity contribution < 1.29 is 0 Å². The Labute approximate surface area is 101 Å². The van der Waals surface area contributed by atoms with Gasteiger partial charge >= 0.3 is 0 Å². The van der Waals surface area contributed by atoms with Gasteiger partial charge in [-0.2, -0.15) is 0 Å². The van der Waals surface area contributed by atoms with Gasteiger partial charge in [0, 0.05) is 17.3 Å². The summed E-state index contributed by atoms with van der Waals surface area (Å²) >= 11 is 11.5. The van der Waals surface area contributed by atoms with Crippen LogP contribution >= 0.6 is 11.6 Å². The average Bonchev–Trinajstić information content (AvgIpc) is 2.22. The topological polar surface area (TPSA) is 12.0 Å². The number of hydrogen-bond donors (Lipinski definition) is 1. The van der Waals surface area contributed by atoms with E-state index in [0.717, 1.165) is 17.3 Å². The van der Waals surface area contributed by atoms with Crippen LogP contribution < -0.4 is 4.72 Å². The van der Waals surface area contributed by atoms with Gasteiger partial charge in [0.25, 0.3) is 0 Å². The molecule has 1 aromatic rings. The van der Waals surface area contributed by atoms with E-state index in [1.165, 1.54) is 18.4 Å². The summed E-state index contributed by atoms with van der Waals surface area (Å²) in [7, 11) is -1.14. The Hall–Kier alpha value is -0.0900. The summed E-state index contributed by atoms with van der Waals surface area (Å²) in [6.45, 7) is 1.06. The SMILES string of the molecule is S=S1(=Cc2ccc(Cl)cc2)CCCCN1. The molecule has 1 N–H and O–H groups in total. The molecule has 0 aliphatic carbocycles. The summed E-state index contributed by atoms with van der Waals surface area (Å²) in [6, 6.07) is 7.88. The Morgan fingerprint density at radius 2 is 2.00 bits per heavy atom. The van der Waals surface area contributed by atoms with E-state index in [9.17, 15) is 0 Å². The summed E-state index contributed by atoms with van der Waals surface area (Å²) in [5.74, 6) is 1.12. The molecule has 1 saturated heterocycles. The first-order valence-electron chi connectivity index (χ1n) is 5.05. The van der Waals surface area contributed by atoms with Gasteiger partial charge in [0.2, 0.25) is 0 Å². The van der Waals surface area contributed by atoms with Crippen molar-refractivity contribution in [2.24, 2.45) is 0 Å². The normalized spacial score (nSPS) is 26.2. The Morgan fingerprint density at radius 3 is 2.60 bits per heavy atom. The van der Waals surface area contributed by atoms with E-state index in [-0.39, 0.29) is 0 Å². The number of benzene rings is 1. The van der Waals surface area contributed by atoms with Crippen molar-refractivity contribution in [1.29, 1.82) is 0 Å². The molecule has 0 spiro atoms. The maximum atomic E-state index is 5.84. The van der Waals surface area contributed by atoms with Gasteiger partial charge < -0.3 is 0 Å². The zero-order valence-corrected chi connectivity index (χ0v) is 10.8. The molecule has 4 heteroatoms. The van der Waals surface area contributed by atoms with Gasteiger partial charge in [-0.25, -0.2) is 0 Å². The third kappa shape index (κ3) is 3.18. The highest BCUT2D eigenvalue weighted by atomic mass is 35.5. The second-order valence-corrected chi connectivity index (χ2v) is 8.31. The van der Waals surface area contributed by atoms with Gasteiger partial charge in [-0.1, -0.05) is 32.1 Å². The zero-order chi connectivity index (χ0) is 10.7. The molecule has 0 radical (unpaired) electrons. The van der Waals surface area contributed by atoms with Crippen LogP contribution in [0.2, 0.25) is 5.02 Å². The van der Waals surface area contributed by atoms with E-state index in [2.05, 4.69) is 10.1 Å². The van der Waals surface area contributed by atoms with Crippen molar-refractivity contribution in [2.75, 3.05) is 12.3 Å². The summed E-state index contributed by atoms with van der Waals surface area (Å²) in [6.07, 6.45) is 2.50. The van der Waals surface area contributed by atoms with Gasteiger partial charge in [0.15, 0.2) is 0 Å². The number of nitrogens with one attached hydrogen (secondary N) is 1. The van der Waals surface area contributed by atoms with E-state index in [1.54, 1.807) is 0 Å². The van der Waals surface area contributed by atoms with Crippen LogP contribution in [0.15, 0.2) is 24.3 Å². The third-order valence-corrected chi connectivity index (χ3v) is 6.05. The molecule has 2 rings (SSSR count). The molecule has 1 aromatic carbocycles. The maximum absolute atomic E-state index is 5.84. The number of halogens is 1. The van der Waals surface area contributed by atoms with Crippen molar-refractivity contribution in [3.63, 3.8) is 0 Å². The third-order valence-electron chi connectivity index (χ3n) is 2.42. The van der Waals surface area contributed by atoms with Gasteiger partial charge in [-0.15, -0.1) is 0 Å². The Bertz CT molecular complexity index is 432. The lowest BCUT2D eigenvalue weighted by Crippen LogP contribution is -2.32. The van der Waals surface area contributed by atoms with Crippen molar-refractivity contribution in [3.8, 4) is 0 Å². The summed E-state index contributed by atoms with van der Waals surface area (Å²) in [5.41, 5.74) is 1.18. The summed E-state index contributed by atoms with van der Waals surface area (Å²) in [5, 5.41) is 2.98. The fourth-order valence-corrected chi connectivity index (χ4v) is 4.75. The first-order chi connectivity index (χ1) is 7.18. The quantitative estimate of drug-likeness (QED) is 0.778. The second-order valence-electron chi connectivity index (χ2n) is 3.70. The van der Waals surface area contributed by atoms with E-state index in [0.29, 0.717) is 0 Å². The molecule has 1 atom stereocenters. The van der Waals surface area contributed by atoms with E-state index in [4.69, 9.17) is 22.8 Å². The highest BCUT2D eigenvalue weighted by Gasteiger charge is 2.07. The van der Waals surface area contributed by atoms with Crippen molar-refractivity contribution in [3.05, 3.63) is 34.9 Å². The van der Waals surface area contributed by atoms with Crippen LogP contribution in [0.1, 0.15) is 18.4 Å². The highest BCUT2D eigenvalue weighted by Crippen LogP contribution is 2.10. The first-order valence-corrected chi connectivity index (χ1v) is 8.22. The summed E-state index contributed by atoms with van der Waals surface area (Å²) < 4.78 is 3.47. The zero-order valence-electron chi connectivity index (χ0n) is 8.41. The van der Waals surface area contributed by atoms with Crippen LogP contribution in [0, 0.1) is 0 Å². The van der Waals surface area contributed by atoms with Gasteiger partial charge in [0.1, 0.15) is 0 Å². The Kier molecular flexibility index (Phi) is 3.67. The number of rotatable bonds is 1. The van der Waals surface area contributed by atoms with Crippen LogP contribution in [-0.2, 0) is 19.6 Å². The lowest BCUT2D eigenvalue weighted by Gasteiger charge is -2.21. The van der Waals surface area contributed by atoms with Crippen LogP contribution in [0.4, 0.5) is 0 Å². The molecule has 0 saturated carbocycles. The predicted octanol–water partition coefficient (Wildman–Crippen LogP) is 2.40. The van der Waals surface area contributed by atoms with Crippen molar-refractivity contribution >= 4 is 36.5 Å². The lowest BCUT2D eigenvalue weighted by molar-refractivity contribution is 0.750. The minimum atomic E-state index is -1.14. The minimum Gasteiger partial charge on any atom is -0.266 e. The highest BCUT2D eigenvalue weighted by molar-refractivity contribution is 8.37. The Balaban J connectivity index is 2.28. The van der Waals surface area contributed by atoms with Gasteiger partial charge in [-0.05, 0) is 47.1 Å². The van der Waals surface area contributed by atoms with Crippen LogP contribution in [-0.4, -0.2) is 17.7 Å². The number of hydrogen-bond acceptors (Lipinski definition) is 1. The van der Waals surface area contributed by atoms with Crippen LogP contribution in [0.3, 0.4) is 0 Å². The standard InChI is InChI=1S/C11H14ClNS2/c12-11-5-3-10(4-6-11)9-15(14)8-2-1-7-13-15/h3-6,9H,1-2,7-8H2,(H,13,14). The minimum absolute atomic E-state index is 0.775. The molecule has 1 aliphatic rings. The molecule has 1 unspecified atom stereocenters. The fourth-order valence-electron chi connectivity index (χ4n) is 1.62. The molecule has 1 heterocycles. The van der Waals surface area contributed by atoms with Crippen LogP contribution in [0.25, 0.3) is 0 Å². The molecule has 0 amide bonds. The van der Waals surface area contributed by atoms with Crippen molar-refractivity contribution in [1.82, 2.24) is 4.72 Å². The fraction of sp³-hybridized carbons (Fsp3) is 0.364. The van der Waals surface area contributed by atoms with Gasteiger partial charge in [-0.3, -0.25) is 4.72 Å². The lowest BCUT2D eigenvalue weighted by atomic mass is 10.2. The molecule has 1 nitrogen and oxygen atoms in total. The molecule has 1 fully saturated rings. The van der Waals surface area contributed by atoms with E-state index >= 15 is 0 Å². The molecular formula is C11H14ClNS2. The second kappa shape index (κ2) is 4.83. The average molecular weight is 260 g/mol. The van der Waals surface area contributed by atoms with Gasteiger partial charge in [0.05, 0.1) is 0 Å². The molecule has 0 aromatic heterocycles. The Morgan fingerprint density at radius 1 is 1.27 bits per heavy atom. The maximum Gasteiger partial charge on any atom is 0.0406 e. The molecule has 82 valence electrons. The first kappa shape index (κ1) is 11.4. The molecule has 0 bridgehead atoms.